The SMILES string of the molecule is CC1=CCc2c1ccnc2C(N)=O. The fraction of sp³-hybridized carbons (Fsp3) is 0.200. The molecule has 0 radical (unpaired) electrons. The van der Waals surface area contributed by atoms with Crippen molar-refractivity contribution in [1.82, 2.24) is 4.98 Å². The average molecular weight is 174 g/mol. The molecule has 2 rings (SSSR count). The van der Waals surface area contributed by atoms with Crippen molar-refractivity contribution in [3.63, 3.8) is 0 Å². The third kappa shape index (κ3) is 1.13. The van der Waals surface area contributed by atoms with Crippen molar-refractivity contribution in [2.45, 2.75) is 13.3 Å². The number of hydrogen-bond donors (Lipinski definition) is 1. The molecule has 3 heteroatoms. The zero-order valence-electron chi connectivity index (χ0n) is 7.37. The molecule has 0 atom stereocenters. The van der Waals surface area contributed by atoms with E-state index in [0.29, 0.717) is 5.69 Å². The second kappa shape index (κ2) is 2.69. The number of aromatic nitrogens is 1. The highest BCUT2D eigenvalue weighted by Crippen LogP contribution is 2.27. The number of carbonyl (C=O) groups excluding carboxylic acids is 1. The molecule has 0 saturated carbocycles. The van der Waals surface area contributed by atoms with E-state index in [-0.39, 0.29) is 0 Å². The number of allylic oxidation sites excluding steroid dienone is 2. The molecule has 0 fully saturated rings. The molecule has 3 nitrogen and oxygen atoms in total. The van der Waals surface area contributed by atoms with Gasteiger partial charge in [0.2, 0.25) is 0 Å². The smallest absolute Gasteiger partial charge is 0.267 e. The predicted molar refractivity (Wildman–Crippen MR) is 50.1 cm³/mol. The Hall–Kier alpha value is -1.64. The van der Waals surface area contributed by atoms with E-state index in [9.17, 15) is 4.79 Å². The zero-order chi connectivity index (χ0) is 9.42. The maximum absolute atomic E-state index is 11.0. The van der Waals surface area contributed by atoms with E-state index in [0.717, 1.165) is 17.5 Å². The van der Waals surface area contributed by atoms with Gasteiger partial charge in [-0.1, -0.05) is 6.08 Å². The quantitative estimate of drug-likeness (QED) is 0.694. The molecular formula is C10H10N2O. The minimum absolute atomic E-state index is 0.408. The van der Waals surface area contributed by atoms with Crippen molar-refractivity contribution < 1.29 is 4.79 Å². The average Bonchev–Trinajstić information content (AvgIpc) is 2.48. The van der Waals surface area contributed by atoms with Gasteiger partial charge in [-0.05, 0) is 36.1 Å². The molecule has 0 bridgehead atoms. The second-order valence-electron chi connectivity index (χ2n) is 3.14. The lowest BCUT2D eigenvalue weighted by Crippen LogP contribution is -2.15. The molecule has 13 heavy (non-hydrogen) atoms. The Balaban J connectivity index is 2.61. The first-order valence-corrected chi connectivity index (χ1v) is 4.15. The summed E-state index contributed by atoms with van der Waals surface area (Å²) in [6, 6.07) is 1.92. The number of pyridine rings is 1. The summed E-state index contributed by atoms with van der Waals surface area (Å²) in [7, 11) is 0. The van der Waals surface area contributed by atoms with Crippen LogP contribution >= 0.6 is 0 Å². The molecule has 1 aliphatic rings. The number of amides is 1. The van der Waals surface area contributed by atoms with Crippen LogP contribution in [0.1, 0.15) is 28.5 Å². The van der Waals surface area contributed by atoms with Gasteiger partial charge in [0, 0.05) is 6.20 Å². The summed E-state index contributed by atoms with van der Waals surface area (Å²) in [6.45, 7) is 2.02. The maximum atomic E-state index is 11.0. The minimum atomic E-state index is -0.444. The molecule has 1 aliphatic carbocycles. The highest BCUT2D eigenvalue weighted by atomic mass is 16.1. The Labute approximate surface area is 76.3 Å². The van der Waals surface area contributed by atoms with E-state index in [2.05, 4.69) is 11.1 Å². The molecule has 0 aromatic carbocycles. The van der Waals surface area contributed by atoms with Crippen LogP contribution < -0.4 is 5.73 Å². The summed E-state index contributed by atoms with van der Waals surface area (Å²) in [5.74, 6) is -0.444. The third-order valence-corrected chi connectivity index (χ3v) is 2.33. The lowest BCUT2D eigenvalue weighted by molar-refractivity contribution is 0.0995. The second-order valence-corrected chi connectivity index (χ2v) is 3.14. The monoisotopic (exact) mass is 174 g/mol. The summed E-state index contributed by atoms with van der Waals surface area (Å²) >= 11 is 0. The van der Waals surface area contributed by atoms with Crippen molar-refractivity contribution in [3.05, 3.63) is 35.2 Å². The van der Waals surface area contributed by atoms with Crippen LogP contribution in [0.15, 0.2) is 18.3 Å². The number of carbonyl (C=O) groups is 1. The van der Waals surface area contributed by atoms with Gasteiger partial charge >= 0.3 is 0 Å². The first-order chi connectivity index (χ1) is 6.20. The third-order valence-electron chi connectivity index (χ3n) is 2.33. The first-order valence-electron chi connectivity index (χ1n) is 4.15. The molecule has 66 valence electrons. The number of rotatable bonds is 1. The molecule has 1 aromatic heterocycles. The summed E-state index contributed by atoms with van der Waals surface area (Å²) in [4.78, 5) is 15.0. The molecule has 0 aliphatic heterocycles. The molecule has 0 spiro atoms. The van der Waals surface area contributed by atoms with Crippen LogP contribution in [0.2, 0.25) is 0 Å². The summed E-state index contributed by atoms with van der Waals surface area (Å²) < 4.78 is 0. The summed E-state index contributed by atoms with van der Waals surface area (Å²) in [5.41, 5.74) is 8.88. The van der Waals surface area contributed by atoms with Crippen LogP contribution in [-0.4, -0.2) is 10.9 Å². The van der Waals surface area contributed by atoms with Gasteiger partial charge in [-0.15, -0.1) is 0 Å². The summed E-state index contributed by atoms with van der Waals surface area (Å²) in [6.07, 6.45) is 4.48. The van der Waals surface area contributed by atoms with Crippen molar-refractivity contribution in [1.29, 1.82) is 0 Å². The van der Waals surface area contributed by atoms with Gasteiger partial charge < -0.3 is 5.73 Å². The molecule has 1 aromatic rings. The van der Waals surface area contributed by atoms with E-state index in [1.807, 2.05) is 13.0 Å². The van der Waals surface area contributed by atoms with Gasteiger partial charge in [-0.3, -0.25) is 9.78 Å². The Kier molecular flexibility index (Phi) is 1.65. The largest absolute Gasteiger partial charge is 0.364 e. The number of fused-ring (bicyclic) bond motifs is 1. The van der Waals surface area contributed by atoms with Crippen LogP contribution in [0.25, 0.3) is 5.57 Å². The van der Waals surface area contributed by atoms with Crippen molar-refractivity contribution in [2.75, 3.05) is 0 Å². The molecule has 0 saturated heterocycles. The van der Waals surface area contributed by atoms with E-state index in [1.54, 1.807) is 6.20 Å². The standard InChI is InChI=1S/C10H10N2O/c1-6-2-3-8-7(6)4-5-12-9(8)10(11)13/h2,4-5H,3H2,1H3,(H2,11,13). The molecule has 2 N–H and O–H groups in total. The fourth-order valence-corrected chi connectivity index (χ4v) is 1.65. The number of nitrogens with two attached hydrogens (primary N) is 1. The molecular weight excluding hydrogens is 164 g/mol. The van der Waals surface area contributed by atoms with Crippen LogP contribution in [0.4, 0.5) is 0 Å². The van der Waals surface area contributed by atoms with Crippen molar-refractivity contribution >= 4 is 11.5 Å². The highest BCUT2D eigenvalue weighted by molar-refractivity contribution is 5.94. The molecule has 1 heterocycles. The lowest BCUT2D eigenvalue weighted by Gasteiger charge is -2.03. The van der Waals surface area contributed by atoms with Crippen LogP contribution in [-0.2, 0) is 6.42 Å². The predicted octanol–water partition coefficient (Wildman–Crippen LogP) is 1.14. The van der Waals surface area contributed by atoms with E-state index < -0.39 is 5.91 Å². The molecule has 0 unspecified atom stereocenters. The van der Waals surface area contributed by atoms with E-state index in [4.69, 9.17) is 5.73 Å². The lowest BCUT2D eigenvalue weighted by atomic mass is 10.1. The van der Waals surface area contributed by atoms with Gasteiger partial charge in [-0.2, -0.15) is 0 Å². The topological polar surface area (TPSA) is 56.0 Å². The van der Waals surface area contributed by atoms with Gasteiger partial charge in [0.15, 0.2) is 0 Å². The minimum Gasteiger partial charge on any atom is -0.364 e. The maximum Gasteiger partial charge on any atom is 0.267 e. The normalized spacial score (nSPS) is 13.8. The van der Waals surface area contributed by atoms with Crippen molar-refractivity contribution in [2.24, 2.45) is 5.73 Å². The zero-order valence-corrected chi connectivity index (χ0v) is 7.37. The van der Waals surface area contributed by atoms with E-state index in [1.165, 1.54) is 5.57 Å². The number of primary amides is 1. The van der Waals surface area contributed by atoms with Gasteiger partial charge in [0.1, 0.15) is 5.69 Å². The van der Waals surface area contributed by atoms with E-state index >= 15 is 0 Å². The molecule has 1 amide bonds. The Bertz CT molecular complexity index is 407. The van der Waals surface area contributed by atoms with Crippen molar-refractivity contribution in [3.8, 4) is 0 Å². The van der Waals surface area contributed by atoms with Crippen LogP contribution in [0, 0.1) is 0 Å². The number of hydrogen-bond acceptors (Lipinski definition) is 2. The Morgan fingerprint density at radius 2 is 2.38 bits per heavy atom. The first kappa shape index (κ1) is 7.98. The Morgan fingerprint density at radius 3 is 3.08 bits per heavy atom. The summed E-state index contributed by atoms with van der Waals surface area (Å²) in [5, 5.41) is 0. The van der Waals surface area contributed by atoms with Gasteiger partial charge in [0.25, 0.3) is 5.91 Å². The number of nitrogens with zero attached hydrogens (tertiary/aromatic N) is 1. The van der Waals surface area contributed by atoms with Crippen LogP contribution in [0.5, 0.6) is 0 Å². The Morgan fingerprint density at radius 1 is 1.62 bits per heavy atom. The van der Waals surface area contributed by atoms with Gasteiger partial charge in [0.05, 0.1) is 0 Å². The fourth-order valence-electron chi connectivity index (χ4n) is 1.65. The highest BCUT2D eigenvalue weighted by Gasteiger charge is 2.17. The van der Waals surface area contributed by atoms with Crippen LogP contribution in [0.3, 0.4) is 0 Å². The van der Waals surface area contributed by atoms with Gasteiger partial charge in [-0.25, -0.2) is 0 Å².